The first-order valence-electron chi connectivity index (χ1n) is 7.63. The van der Waals surface area contributed by atoms with Crippen LogP contribution in [0.5, 0.6) is 5.75 Å². The SMILES string of the molecule is CCc1ccc(C2=NN=C(SCc3ccccn3)C2)c(OC)c1. The quantitative estimate of drug-likeness (QED) is 0.832. The molecule has 0 bridgehead atoms. The zero-order chi connectivity index (χ0) is 16.1. The van der Waals surface area contributed by atoms with Crippen molar-refractivity contribution >= 4 is 22.5 Å². The number of aryl methyl sites for hydroxylation is 1. The van der Waals surface area contributed by atoms with Gasteiger partial charge in [0.15, 0.2) is 0 Å². The second-order valence-corrected chi connectivity index (χ2v) is 6.26. The molecule has 0 unspecified atom stereocenters. The molecular formula is C18H19N3OS. The van der Waals surface area contributed by atoms with E-state index in [-0.39, 0.29) is 0 Å². The fourth-order valence-corrected chi connectivity index (χ4v) is 3.22. The van der Waals surface area contributed by atoms with Crippen LogP contribution in [0.2, 0.25) is 0 Å². The average molecular weight is 325 g/mol. The lowest BCUT2D eigenvalue weighted by Crippen LogP contribution is -2.05. The molecule has 0 radical (unpaired) electrons. The van der Waals surface area contributed by atoms with Crippen molar-refractivity contribution in [2.45, 2.75) is 25.5 Å². The summed E-state index contributed by atoms with van der Waals surface area (Å²) >= 11 is 1.69. The Morgan fingerprint density at radius 3 is 2.83 bits per heavy atom. The van der Waals surface area contributed by atoms with Crippen LogP contribution in [0.25, 0.3) is 0 Å². The van der Waals surface area contributed by atoms with Crippen molar-refractivity contribution in [1.29, 1.82) is 0 Å². The van der Waals surface area contributed by atoms with Gasteiger partial charge in [0.25, 0.3) is 0 Å². The summed E-state index contributed by atoms with van der Waals surface area (Å²) in [5, 5.41) is 9.68. The molecule has 0 N–H and O–H groups in total. The van der Waals surface area contributed by atoms with Gasteiger partial charge in [-0.3, -0.25) is 4.98 Å². The van der Waals surface area contributed by atoms with Crippen LogP contribution in [-0.4, -0.2) is 22.8 Å². The molecular weight excluding hydrogens is 306 g/mol. The molecule has 23 heavy (non-hydrogen) atoms. The summed E-state index contributed by atoms with van der Waals surface area (Å²) in [7, 11) is 1.70. The summed E-state index contributed by atoms with van der Waals surface area (Å²) in [6.07, 6.45) is 3.55. The highest BCUT2D eigenvalue weighted by molar-refractivity contribution is 8.13. The van der Waals surface area contributed by atoms with Gasteiger partial charge in [0.2, 0.25) is 0 Å². The first-order valence-corrected chi connectivity index (χ1v) is 8.62. The van der Waals surface area contributed by atoms with E-state index in [1.54, 1.807) is 18.9 Å². The highest BCUT2D eigenvalue weighted by Crippen LogP contribution is 2.27. The third-order valence-corrected chi connectivity index (χ3v) is 4.70. The molecule has 1 aliphatic heterocycles. The molecule has 2 aromatic rings. The zero-order valence-corrected chi connectivity index (χ0v) is 14.1. The van der Waals surface area contributed by atoms with Gasteiger partial charge in [-0.2, -0.15) is 5.10 Å². The monoisotopic (exact) mass is 325 g/mol. The fourth-order valence-electron chi connectivity index (χ4n) is 2.39. The largest absolute Gasteiger partial charge is 0.496 e. The van der Waals surface area contributed by atoms with E-state index in [9.17, 15) is 0 Å². The molecule has 1 aliphatic rings. The number of hydrogen-bond donors (Lipinski definition) is 0. The number of benzene rings is 1. The number of hydrogen-bond acceptors (Lipinski definition) is 5. The summed E-state index contributed by atoms with van der Waals surface area (Å²) in [6, 6.07) is 12.2. The van der Waals surface area contributed by atoms with Crippen LogP contribution in [0.1, 0.15) is 30.2 Å². The topological polar surface area (TPSA) is 46.8 Å². The first-order chi connectivity index (χ1) is 11.3. The third-order valence-electron chi connectivity index (χ3n) is 3.70. The Labute approximate surface area is 140 Å². The molecule has 0 fully saturated rings. The van der Waals surface area contributed by atoms with Gasteiger partial charge in [-0.25, -0.2) is 0 Å². The maximum atomic E-state index is 5.52. The molecule has 3 rings (SSSR count). The van der Waals surface area contributed by atoms with E-state index < -0.39 is 0 Å². The Bertz CT molecular complexity index is 741. The van der Waals surface area contributed by atoms with Crippen molar-refractivity contribution in [2.75, 3.05) is 7.11 Å². The van der Waals surface area contributed by atoms with Crippen LogP contribution in [0, 0.1) is 0 Å². The number of nitrogens with zero attached hydrogens (tertiary/aromatic N) is 3. The van der Waals surface area contributed by atoms with Crippen molar-refractivity contribution in [1.82, 2.24) is 4.98 Å². The molecule has 0 spiro atoms. The van der Waals surface area contributed by atoms with Crippen LogP contribution >= 0.6 is 11.8 Å². The van der Waals surface area contributed by atoms with E-state index in [0.29, 0.717) is 0 Å². The second kappa shape index (κ2) is 7.42. The lowest BCUT2D eigenvalue weighted by atomic mass is 10.0. The van der Waals surface area contributed by atoms with Gasteiger partial charge in [0.1, 0.15) is 10.8 Å². The lowest BCUT2D eigenvalue weighted by molar-refractivity contribution is 0.413. The molecule has 0 saturated carbocycles. The molecule has 1 aromatic heterocycles. The van der Waals surface area contributed by atoms with Crippen LogP contribution in [0.4, 0.5) is 0 Å². The van der Waals surface area contributed by atoms with Gasteiger partial charge in [-0.05, 0) is 36.2 Å². The van der Waals surface area contributed by atoms with Crippen LogP contribution in [0.15, 0.2) is 52.8 Å². The zero-order valence-electron chi connectivity index (χ0n) is 13.3. The standard InChI is InChI=1S/C18H19N3OS/c1-3-13-7-8-15(17(10-13)22-2)16-11-18(21-20-16)23-12-14-6-4-5-9-19-14/h4-10H,3,11-12H2,1-2H3. The molecule has 2 heterocycles. The van der Waals surface area contributed by atoms with Gasteiger partial charge < -0.3 is 4.74 Å². The van der Waals surface area contributed by atoms with E-state index in [1.807, 2.05) is 24.4 Å². The highest BCUT2D eigenvalue weighted by Gasteiger charge is 2.18. The number of aromatic nitrogens is 1. The average Bonchev–Trinajstić information content (AvgIpc) is 3.09. The summed E-state index contributed by atoms with van der Waals surface area (Å²) in [4.78, 5) is 4.33. The van der Waals surface area contributed by atoms with E-state index >= 15 is 0 Å². The second-order valence-electron chi connectivity index (χ2n) is 5.22. The minimum absolute atomic E-state index is 0.749. The van der Waals surface area contributed by atoms with E-state index in [0.717, 1.165) is 46.4 Å². The predicted octanol–water partition coefficient (Wildman–Crippen LogP) is 4.09. The highest BCUT2D eigenvalue weighted by atomic mass is 32.2. The Kier molecular flexibility index (Phi) is 5.08. The van der Waals surface area contributed by atoms with E-state index in [2.05, 4.69) is 40.3 Å². The Balaban J connectivity index is 1.64. The van der Waals surface area contributed by atoms with Gasteiger partial charge in [-0.1, -0.05) is 19.1 Å². The van der Waals surface area contributed by atoms with E-state index in [1.165, 1.54) is 5.56 Å². The molecule has 118 valence electrons. The number of pyridine rings is 1. The maximum absolute atomic E-state index is 5.52. The molecule has 1 aromatic carbocycles. The third kappa shape index (κ3) is 3.79. The Morgan fingerprint density at radius 2 is 2.09 bits per heavy atom. The Morgan fingerprint density at radius 1 is 1.17 bits per heavy atom. The summed E-state index contributed by atoms with van der Waals surface area (Å²) in [6.45, 7) is 2.14. The van der Waals surface area contributed by atoms with Crippen molar-refractivity contribution in [3.05, 3.63) is 59.4 Å². The van der Waals surface area contributed by atoms with Crippen molar-refractivity contribution in [3.8, 4) is 5.75 Å². The number of thioether (sulfide) groups is 1. The predicted molar refractivity (Wildman–Crippen MR) is 96.5 cm³/mol. The van der Waals surface area contributed by atoms with Crippen molar-refractivity contribution in [2.24, 2.45) is 10.2 Å². The van der Waals surface area contributed by atoms with E-state index in [4.69, 9.17) is 4.74 Å². The molecule has 0 amide bonds. The number of methoxy groups -OCH3 is 1. The van der Waals surface area contributed by atoms with Crippen LogP contribution in [0.3, 0.4) is 0 Å². The minimum atomic E-state index is 0.749. The minimum Gasteiger partial charge on any atom is -0.496 e. The molecule has 0 saturated heterocycles. The molecule has 0 atom stereocenters. The molecule has 0 aliphatic carbocycles. The summed E-state index contributed by atoms with van der Waals surface area (Å²) in [5.41, 5.74) is 4.31. The number of ether oxygens (including phenoxy) is 1. The maximum Gasteiger partial charge on any atom is 0.128 e. The van der Waals surface area contributed by atoms with Crippen molar-refractivity contribution in [3.63, 3.8) is 0 Å². The first kappa shape index (κ1) is 15.7. The lowest BCUT2D eigenvalue weighted by Gasteiger charge is -2.09. The normalized spacial score (nSPS) is 13.7. The van der Waals surface area contributed by atoms with Crippen LogP contribution in [-0.2, 0) is 12.2 Å². The Hall–Kier alpha value is -2.14. The van der Waals surface area contributed by atoms with Gasteiger partial charge in [0, 0.05) is 23.9 Å². The van der Waals surface area contributed by atoms with Gasteiger partial charge in [0.05, 0.1) is 18.5 Å². The number of rotatable bonds is 5. The molecule has 5 heteroatoms. The van der Waals surface area contributed by atoms with Gasteiger partial charge >= 0.3 is 0 Å². The molecule has 4 nitrogen and oxygen atoms in total. The smallest absolute Gasteiger partial charge is 0.128 e. The van der Waals surface area contributed by atoms with Crippen molar-refractivity contribution < 1.29 is 4.74 Å². The van der Waals surface area contributed by atoms with Crippen LogP contribution < -0.4 is 4.74 Å². The fraction of sp³-hybridized carbons (Fsp3) is 0.278. The summed E-state index contributed by atoms with van der Waals surface area (Å²) < 4.78 is 5.52. The summed E-state index contributed by atoms with van der Waals surface area (Å²) in [5.74, 6) is 1.68. The van der Waals surface area contributed by atoms with Gasteiger partial charge in [-0.15, -0.1) is 16.9 Å².